The molecule has 2 heteroatoms. The van der Waals surface area contributed by atoms with Gasteiger partial charge in [0.2, 0.25) is 0 Å². The van der Waals surface area contributed by atoms with Crippen molar-refractivity contribution in [3.05, 3.63) is 91.0 Å². The molecule has 0 aliphatic heterocycles. The molecule has 4 aromatic carbocycles. The Kier molecular flexibility index (Phi) is 2.84. The highest BCUT2D eigenvalue weighted by molar-refractivity contribution is 6.15. The molecule has 0 bridgehead atoms. The zero-order valence-corrected chi connectivity index (χ0v) is 15.1. The lowest BCUT2D eigenvalue weighted by Crippen LogP contribution is -1.95. The van der Waals surface area contributed by atoms with E-state index in [2.05, 4.69) is 107 Å². The van der Waals surface area contributed by atoms with Crippen molar-refractivity contribution < 1.29 is 0 Å². The van der Waals surface area contributed by atoms with Crippen molar-refractivity contribution in [1.82, 2.24) is 9.13 Å². The van der Waals surface area contributed by atoms with E-state index in [9.17, 15) is 0 Å². The maximum Gasteiger partial charge on any atom is 0.0562 e. The number of para-hydroxylation sites is 3. The van der Waals surface area contributed by atoms with Crippen molar-refractivity contribution in [3.63, 3.8) is 0 Å². The van der Waals surface area contributed by atoms with Crippen LogP contribution in [0, 0.1) is 0 Å². The molecule has 6 rings (SSSR count). The molecule has 27 heavy (non-hydrogen) atoms. The summed E-state index contributed by atoms with van der Waals surface area (Å²) in [6.45, 7) is 0. The lowest BCUT2D eigenvalue weighted by molar-refractivity contribution is 1.01. The Morgan fingerprint density at radius 1 is 0.481 bits per heavy atom. The maximum absolute atomic E-state index is 2.42. The fourth-order valence-corrected chi connectivity index (χ4v) is 4.56. The molecule has 0 aliphatic rings. The SMILES string of the molecule is Cn1c2ccccc2c2c(-n3c4ccccc4c4ccccc43)cccc21. The average Bonchev–Trinajstić information content (AvgIpc) is 3.22. The van der Waals surface area contributed by atoms with Crippen molar-refractivity contribution in [2.24, 2.45) is 7.05 Å². The Bertz CT molecular complexity index is 1430. The van der Waals surface area contributed by atoms with Crippen LogP contribution >= 0.6 is 0 Å². The number of rotatable bonds is 1. The van der Waals surface area contributed by atoms with Gasteiger partial charge in [0.05, 0.1) is 22.2 Å². The highest BCUT2D eigenvalue weighted by Crippen LogP contribution is 2.37. The van der Waals surface area contributed by atoms with Gasteiger partial charge in [0.1, 0.15) is 0 Å². The van der Waals surface area contributed by atoms with E-state index in [4.69, 9.17) is 0 Å². The Morgan fingerprint density at radius 3 is 1.67 bits per heavy atom. The number of nitrogens with zero attached hydrogens (tertiary/aromatic N) is 2. The minimum atomic E-state index is 1.24. The predicted octanol–water partition coefficient (Wildman–Crippen LogP) is 6.43. The van der Waals surface area contributed by atoms with Crippen LogP contribution in [0.15, 0.2) is 91.0 Å². The van der Waals surface area contributed by atoms with Gasteiger partial charge in [-0.1, -0.05) is 60.7 Å². The van der Waals surface area contributed by atoms with Gasteiger partial charge in [-0.15, -0.1) is 0 Å². The fourth-order valence-electron chi connectivity index (χ4n) is 4.56. The summed E-state index contributed by atoms with van der Waals surface area (Å²) in [6.07, 6.45) is 0. The third-order valence-corrected chi connectivity index (χ3v) is 5.74. The molecular formula is C25H18N2. The highest BCUT2D eigenvalue weighted by Gasteiger charge is 2.16. The van der Waals surface area contributed by atoms with Gasteiger partial charge in [0.15, 0.2) is 0 Å². The zero-order chi connectivity index (χ0) is 18.0. The largest absolute Gasteiger partial charge is 0.344 e. The minimum absolute atomic E-state index is 1.24. The lowest BCUT2D eigenvalue weighted by atomic mass is 10.1. The van der Waals surface area contributed by atoms with E-state index in [-0.39, 0.29) is 0 Å². The number of hydrogen-bond donors (Lipinski definition) is 0. The van der Waals surface area contributed by atoms with E-state index in [1.165, 1.54) is 49.3 Å². The van der Waals surface area contributed by atoms with Crippen molar-refractivity contribution in [2.45, 2.75) is 0 Å². The summed E-state index contributed by atoms with van der Waals surface area (Å²) in [6, 6.07) is 32.7. The first kappa shape index (κ1) is 14.6. The molecule has 0 saturated carbocycles. The second-order valence-electron chi connectivity index (χ2n) is 7.12. The molecule has 0 fully saturated rings. The Balaban J connectivity index is 1.88. The van der Waals surface area contributed by atoms with Crippen LogP contribution < -0.4 is 0 Å². The zero-order valence-electron chi connectivity index (χ0n) is 15.1. The molecule has 0 aliphatic carbocycles. The third kappa shape index (κ3) is 1.85. The van der Waals surface area contributed by atoms with Crippen molar-refractivity contribution in [1.29, 1.82) is 0 Å². The van der Waals surface area contributed by atoms with E-state index in [0.29, 0.717) is 0 Å². The second kappa shape index (κ2) is 5.24. The Morgan fingerprint density at radius 2 is 1.00 bits per heavy atom. The van der Waals surface area contributed by atoms with Crippen LogP contribution in [0.4, 0.5) is 0 Å². The first-order chi connectivity index (χ1) is 13.3. The molecule has 6 aromatic rings. The monoisotopic (exact) mass is 346 g/mol. The summed E-state index contributed by atoms with van der Waals surface area (Å²) in [5.41, 5.74) is 6.26. The van der Waals surface area contributed by atoms with Gasteiger partial charge in [-0.05, 0) is 30.3 Å². The van der Waals surface area contributed by atoms with Crippen LogP contribution in [-0.2, 0) is 7.05 Å². The molecule has 0 atom stereocenters. The molecule has 0 unspecified atom stereocenters. The van der Waals surface area contributed by atoms with Gasteiger partial charge in [-0.25, -0.2) is 0 Å². The van der Waals surface area contributed by atoms with Gasteiger partial charge < -0.3 is 9.13 Å². The summed E-state index contributed by atoms with van der Waals surface area (Å²) in [7, 11) is 2.15. The third-order valence-electron chi connectivity index (χ3n) is 5.74. The van der Waals surface area contributed by atoms with E-state index >= 15 is 0 Å². The number of aromatic nitrogens is 2. The van der Waals surface area contributed by atoms with Crippen molar-refractivity contribution >= 4 is 43.6 Å². The smallest absolute Gasteiger partial charge is 0.0562 e. The maximum atomic E-state index is 2.42. The summed E-state index contributed by atoms with van der Waals surface area (Å²) < 4.78 is 4.71. The molecule has 128 valence electrons. The molecule has 0 N–H and O–H groups in total. The molecule has 0 amide bonds. The average molecular weight is 346 g/mol. The molecule has 2 aromatic heterocycles. The van der Waals surface area contributed by atoms with Gasteiger partial charge in [-0.3, -0.25) is 0 Å². The van der Waals surface area contributed by atoms with Crippen LogP contribution in [0.2, 0.25) is 0 Å². The van der Waals surface area contributed by atoms with Crippen LogP contribution in [-0.4, -0.2) is 9.13 Å². The highest BCUT2D eigenvalue weighted by atomic mass is 15.0. The van der Waals surface area contributed by atoms with Crippen LogP contribution in [0.3, 0.4) is 0 Å². The number of fused-ring (bicyclic) bond motifs is 6. The van der Waals surface area contributed by atoms with E-state index in [1.807, 2.05) is 0 Å². The predicted molar refractivity (Wildman–Crippen MR) is 115 cm³/mol. The Labute approximate surface area is 156 Å². The molecular weight excluding hydrogens is 328 g/mol. The summed E-state index contributed by atoms with van der Waals surface area (Å²) in [5, 5.41) is 5.20. The molecule has 0 saturated heterocycles. The number of hydrogen-bond acceptors (Lipinski definition) is 0. The molecule has 2 nitrogen and oxygen atoms in total. The minimum Gasteiger partial charge on any atom is -0.344 e. The topological polar surface area (TPSA) is 9.86 Å². The number of aryl methyl sites for hydroxylation is 1. The normalized spacial score (nSPS) is 11.9. The second-order valence-corrected chi connectivity index (χ2v) is 7.12. The van der Waals surface area contributed by atoms with Crippen LogP contribution in [0.1, 0.15) is 0 Å². The summed E-state index contributed by atoms with van der Waals surface area (Å²) >= 11 is 0. The quantitative estimate of drug-likeness (QED) is 0.325. The van der Waals surface area contributed by atoms with Gasteiger partial charge in [0.25, 0.3) is 0 Å². The molecule has 0 spiro atoms. The van der Waals surface area contributed by atoms with E-state index in [0.717, 1.165) is 0 Å². The van der Waals surface area contributed by atoms with Gasteiger partial charge in [-0.2, -0.15) is 0 Å². The van der Waals surface area contributed by atoms with Gasteiger partial charge >= 0.3 is 0 Å². The summed E-state index contributed by atoms with van der Waals surface area (Å²) in [5.74, 6) is 0. The van der Waals surface area contributed by atoms with Crippen LogP contribution in [0.5, 0.6) is 0 Å². The first-order valence-corrected chi connectivity index (χ1v) is 9.29. The molecule has 0 radical (unpaired) electrons. The Hall–Kier alpha value is -3.52. The number of benzene rings is 4. The summed E-state index contributed by atoms with van der Waals surface area (Å²) in [4.78, 5) is 0. The standard InChI is InChI=1S/C25H18N2/c1-26-20-12-5-4-11-19(20)25-23(26)15-8-16-24(25)27-21-13-6-2-9-17(21)18-10-3-7-14-22(18)27/h2-16H,1H3. The van der Waals surface area contributed by atoms with Crippen molar-refractivity contribution in [2.75, 3.05) is 0 Å². The van der Waals surface area contributed by atoms with Gasteiger partial charge in [0, 0.05) is 34.1 Å². The lowest BCUT2D eigenvalue weighted by Gasteiger charge is -2.10. The first-order valence-electron chi connectivity index (χ1n) is 9.29. The van der Waals surface area contributed by atoms with Crippen LogP contribution in [0.25, 0.3) is 49.3 Å². The van der Waals surface area contributed by atoms with E-state index < -0.39 is 0 Å². The van der Waals surface area contributed by atoms with E-state index in [1.54, 1.807) is 0 Å². The molecule has 2 heterocycles. The fraction of sp³-hybridized carbons (Fsp3) is 0.0400. The van der Waals surface area contributed by atoms with Crippen molar-refractivity contribution in [3.8, 4) is 5.69 Å².